The summed E-state index contributed by atoms with van der Waals surface area (Å²) >= 11 is 10.4. The molecule has 0 saturated carbocycles. The molecule has 0 N–H and O–H groups in total. The van der Waals surface area contributed by atoms with Crippen molar-refractivity contribution in [1.29, 1.82) is 0 Å². The summed E-state index contributed by atoms with van der Waals surface area (Å²) in [6, 6.07) is 13.2. The molecular weight excluding hydrogens is 562 g/mol. The summed E-state index contributed by atoms with van der Waals surface area (Å²) in [5.41, 5.74) is 2.53. The van der Waals surface area contributed by atoms with E-state index in [2.05, 4.69) is 22.9 Å². The maximum atomic E-state index is 13.1. The van der Waals surface area contributed by atoms with E-state index in [4.69, 9.17) is 11.6 Å². The monoisotopic (exact) mass is 585 g/mol. The molecule has 2 aromatic carbocycles. The fraction of sp³-hybridized carbons (Fsp3) is 0.296. The number of benzene rings is 2. The van der Waals surface area contributed by atoms with Crippen molar-refractivity contribution in [2.45, 2.75) is 45.3 Å². The summed E-state index contributed by atoms with van der Waals surface area (Å²) in [6.07, 6.45) is 6.88. The van der Waals surface area contributed by atoms with Gasteiger partial charge < -0.3 is 9.47 Å². The summed E-state index contributed by atoms with van der Waals surface area (Å²) in [7, 11) is 0. The normalized spacial score (nSPS) is 19.6. The predicted octanol–water partition coefficient (Wildman–Crippen LogP) is 6.69. The van der Waals surface area contributed by atoms with Crippen LogP contribution >= 0.6 is 39.3 Å². The minimum absolute atomic E-state index is 0.0943. The lowest BCUT2D eigenvalue weighted by molar-refractivity contribution is -0.135. The third-order valence-electron chi connectivity index (χ3n) is 6.72. The zero-order valence-electron chi connectivity index (χ0n) is 19.7. The maximum Gasteiger partial charge on any atom is 0.293 e. The number of likely N-dealkylation sites (tertiary alicyclic amines) is 1. The third kappa shape index (κ3) is 5.12. The topological polar surface area (TPSA) is 62.6 Å². The van der Waals surface area contributed by atoms with E-state index in [-0.39, 0.29) is 36.2 Å². The van der Waals surface area contributed by atoms with E-state index in [0.29, 0.717) is 9.93 Å². The van der Waals surface area contributed by atoms with Crippen LogP contribution < -0.4 is 0 Å². The van der Waals surface area contributed by atoms with E-state index < -0.39 is 0 Å². The lowest BCUT2D eigenvalue weighted by Crippen LogP contribution is -2.43. The van der Waals surface area contributed by atoms with Gasteiger partial charge >= 0.3 is 0 Å². The third-order valence-corrected chi connectivity index (χ3v) is 8.37. The van der Waals surface area contributed by atoms with Crippen LogP contribution in [0, 0.1) is 0 Å². The first kappa shape index (κ1) is 25.1. The zero-order valence-corrected chi connectivity index (χ0v) is 22.9. The Labute approximate surface area is 227 Å². The molecule has 3 heterocycles. The predicted molar refractivity (Wildman–Crippen MR) is 148 cm³/mol. The first-order chi connectivity index (χ1) is 17.3. The number of amides is 3. The van der Waals surface area contributed by atoms with Gasteiger partial charge in [0.05, 0.1) is 11.4 Å². The zero-order chi connectivity index (χ0) is 25.4. The molecule has 36 heavy (non-hydrogen) atoms. The van der Waals surface area contributed by atoms with Crippen molar-refractivity contribution in [2.75, 3.05) is 6.54 Å². The number of rotatable bonds is 5. The average molecular weight is 587 g/mol. The standard InChI is InChI=1S/C27H25BrClN3O3S/c1-17-4-2-3-11-31(17)25(33)16-30-15-19(22-13-20(28)7-10-23(22)30)12-24-26(34)32(27(35)36-24)14-18-5-8-21(29)9-6-18/h5-10,12-13,15,17H,2-4,11,14,16H2,1H3/b24-12-/t17-/m1/s1. The van der Waals surface area contributed by atoms with Gasteiger partial charge in [-0.05, 0) is 79.9 Å². The molecule has 2 saturated heterocycles. The minimum Gasteiger partial charge on any atom is -0.338 e. The number of piperidine rings is 1. The van der Waals surface area contributed by atoms with Gasteiger partial charge in [0, 0.05) is 44.7 Å². The van der Waals surface area contributed by atoms with Gasteiger partial charge in [-0.1, -0.05) is 39.7 Å². The number of hydrogen-bond donors (Lipinski definition) is 0. The Morgan fingerprint density at radius 3 is 2.69 bits per heavy atom. The largest absolute Gasteiger partial charge is 0.338 e. The van der Waals surface area contributed by atoms with E-state index in [1.54, 1.807) is 30.3 Å². The number of thioether (sulfide) groups is 1. The summed E-state index contributed by atoms with van der Waals surface area (Å²) in [5.74, 6) is -0.231. The highest BCUT2D eigenvalue weighted by molar-refractivity contribution is 9.10. The van der Waals surface area contributed by atoms with Gasteiger partial charge in [-0.25, -0.2) is 0 Å². The summed E-state index contributed by atoms with van der Waals surface area (Å²) in [6.45, 7) is 3.31. The van der Waals surface area contributed by atoms with Crippen LogP contribution in [0.3, 0.4) is 0 Å². The van der Waals surface area contributed by atoms with Crippen molar-refractivity contribution in [3.8, 4) is 0 Å². The van der Waals surface area contributed by atoms with Crippen LogP contribution in [0.2, 0.25) is 5.02 Å². The maximum absolute atomic E-state index is 13.1. The highest BCUT2D eigenvalue weighted by Gasteiger charge is 2.35. The fourth-order valence-corrected chi connectivity index (χ4v) is 6.11. The Hall–Kier alpha value is -2.55. The van der Waals surface area contributed by atoms with Gasteiger partial charge in [-0.15, -0.1) is 0 Å². The fourth-order valence-electron chi connectivity index (χ4n) is 4.80. The number of halogens is 2. The van der Waals surface area contributed by atoms with E-state index in [0.717, 1.165) is 64.1 Å². The number of nitrogens with zero attached hydrogens (tertiary/aromatic N) is 3. The Morgan fingerprint density at radius 1 is 1.17 bits per heavy atom. The summed E-state index contributed by atoms with van der Waals surface area (Å²) < 4.78 is 2.84. The van der Waals surface area contributed by atoms with E-state index in [9.17, 15) is 14.4 Å². The van der Waals surface area contributed by atoms with Crippen molar-refractivity contribution in [3.05, 3.63) is 74.2 Å². The molecule has 186 valence electrons. The Kier molecular flexibility index (Phi) is 7.28. The molecule has 1 aromatic heterocycles. The number of hydrogen-bond acceptors (Lipinski definition) is 4. The Balaban J connectivity index is 1.43. The molecule has 6 nitrogen and oxygen atoms in total. The van der Waals surface area contributed by atoms with Crippen LogP contribution in [0.4, 0.5) is 4.79 Å². The van der Waals surface area contributed by atoms with Crippen molar-refractivity contribution in [2.24, 2.45) is 0 Å². The molecule has 3 aromatic rings. The van der Waals surface area contributed by atoms with Gasteiger partial charge in [-0.3, -0.25) is 19.3 Å². The van der Waals surface area contributed by atoms with E-state index in [1.165, 1.54) is 4.90 Å². The van der Waals surface area contributed by atoms with Gasteiger partial charge in [0.2, 0.25) is 5.91 Å². The summed E-state index contributed by atoms with van der Waals surface area (Å²) in [5, 5.41) is 1.21. The van der Waals surface area contributed by atoms with Crippen LogP contribution in [0.25, 0.3) is 17.0 Å². The lowest BCUT2D eigenvalue weighted by atomic mass is 10.0. The molecule has 2 aliphatic rings. The highest BCUT2D eigenvalue weighted by Crippen LogP contribution is 2.36. The molecule has 5 rings (SSSR count). The summed E-state index contributed by atoms with van der Waals surface area (Å²) in [4.78, 5) is 42.5. The first-order valence-corrected chi connectivity index (χ1v) is 13.9. The number of fused-ring (bicyclic) bond motifs is 1. The second-order valence-electron chi connectivity index (χ2n) is 9.20. The van der Waals surface area contributed by atoms with E-state index >= 15 is 0 Å². The van der Waals surface area contributed by atoms with Crippen LogP contribution in [0.1, 0.15) is 37.3 Å². The minimum atomic E-state index is -0.325. The SMILES string of the molecule is C[C@@H]1CCCCN1C(=O)Cn1cc(/C=C2\SC(=O)N(Cc3ccc(Cl)cc3)C2=O)c2cc(Br)ccc21. The molecular formula is C27H25BrClN3O3S. The molecule has 9 heteroatoms. The van der Waals surface area contributed by atoms with Gasteiger partial charge in [-0.2, -0.15) is 0 Å². The number of aromatic nitrogens is 1. The lowest BCUT2D eigenvalue weighted by Gasteiger charge is -2.33. The van der Waals surface area contributed by atoms with Gasteiger partial charge in [0.1, 0.15) is 6.54 Å². The van der Waals surface area contributed by atoms with Crippen molar-refractivity contribution < 1.29 is 14.4 Å². The van der Waals surface area contributed by atoms with Crippen LogP contribution in [0.15, 0.2) is 58.0 Å². The van der Waals surface area contributed by atoms with E-state index in [1.807, 2.05) is 33.9 Å². The Bertz CT molecular complexity index is 1380. The van der Waals surface area contributed by atoms with Crippen LogP contribution in [-0.2, 0) is 22.7 Å². The molecule has 3 amide bonds. The van der Waals surface area contributed by atoms with Crippen LogP contribution in [-0.4, -0.2) is 44.0 Å². The highest BCUT2D eigenvalue weighted by atomic mass is 79.9. The molecule has 0 aliphatic carbocycles. The quantitative estimate of drug-likeness (QED) is 0.312. The smallest absolute Gasteiger partial charge is 0.293 e. The Morgan fingerprint density at radius 2 is 1.94 bits per heavy atom. The van der Waals surface area contributed by atoms with Crippen molar-refractivity contribution >= 4 is 73.3 Å². The number of carbonyl (C=O) groups excluding carboxylic acids is 3. The second-order valence-corrected chi connectivity index (χ2v) is 11.5. The van der Waals surface area contributed by atoms with Crippen molar-refractivity contribution in [3.63, 3.8) is 0 Å². The van der Waals surface area contributed by atoms with Gasteiger partial charge in [0.15, 0.2) is 0 Å². The molecule has 0 spiro atoms. The first-order valence-electron chi connectivity index (χ1n) is 11.9. The number of imide groups is 1. The number of carbonyl (C=O) groups is 3. The molecule has 2 fully saturated rings. The molecule has 2 aliphatic heterocycles. The average Bonchev–Trinajstić information content (AvgIpc) is 3.31. The van der Waals surface area contributed by atoms with Crippen LogP contribution in [0.5, 0.6) is 0 Å². The molecule has 0 bridgehead atoms. The van der Waals surface area contributed by atoms with Crippen molar-refractivity contribution in [1.82, 2.24) is 14.4 Å². The molecule has 0 unspecified atom stereocenters. The van der Waals surface area contributed by atoms with Gasteiger partial charge in [0.25, 0.3) is 11.1 Å². The molecule has 0 radical (unpaired) electrons. The molecule has 1 atom stereocenters. The second kappa shape index (κ2) is 10.4.